The van der Waals surface area contributed by atoms with Crippen LogP contribution in [0.1, 0.15) is 24.0 Å². The minimum absolute atomic E-state index is 0.0517. The second-order valence-corrected chi connectivity index (χ2v) is 6.79. The van der Waals surface area contributed by atoms with E-state index in [1.807, 2.05) is 36.5 Å². The quantitative estimate of drug-likeness (QED) is 0.659. The molecule has 30 heavy (non-hydrogen) atoms. The molecule has 0 unspecified atom stereocenters. The molecule has 1 aliphatic carbocycles. The van der Waals surface area contributed by atoms with Gasteiger partial charge >= 0.3 is 0 Å². The second kappa shape index (κ2) is 9.65. The zero-order valence-electron chi connectivity index (χ0n) is 17.0. The number of hydrogen-bond acceptors (Lipinski definition) is 5. The summed E-state index contributed by atoms with van der Waals surface area (Å²) in [6.45, 7) is 0. The van der Waals surface area contributed by atoms with Gasteiger partial charge in [0.05, 0.1) is 14.2 Å². The van der Waals surface area contributed by atoms with E-state index in [1.165, 1.54) is 14.2 Å². The number of rotatable bonds is 6. The third-order valence-corrected chi connectivity index (χ3v) is 4.83. The van der Waals surface area contributed by atoms with Gasteiger partial charge in [0.15, 0.2) is 28.8 Å². The molecule has 0 aromatic heterocycles. The van der Waals surface area contributed by atoms with Gasteiger partial charge in [0.25, 0.3) is 0 Å². The van der Waals surface area contributed by atoms with Gasteiger partial charge in [-0.3, -0.25) is 4.79 Å². The molecule has 1 aliphatic rings. The number of phenols is 2. The molecule has 1 fully saturated rings. The van der Waals surface area contributed by atoms with Crippen LogP contribution in [0.25, 0.3) is 12.2 Å². The molecule has 0 saturated heterocycles. The van der Waals surface area contributed by atoms with Crippen LogP contribution in [0.5, 0.6) is 23.0 Å². The zero-order chi connectivity index (χ0) is 21.5. The van der Waals surface area contributed by atoms with Crippen molar-refractivity contribution in [1.29, 1.82) is 0 Å². The third-order valence-electron chi connectivity index (χ3n) is 4.83. The number of allylic oxidation sites excluding steroid dienone is 6. The van der Waals surface area contributed by atoms with E-state index in [-0.39, 0.29) is 17.3 Å². The molecule has 5 heteroatoms. The fraction of sp³-hybridized carbons (Fsp3) is 0.160. The van der Waals surface area contributed by atoms with Crippen molar-refractivity contribution in [2.75, 3.05) is 14.2 Å². The lowest BCUT2D eigenvalue weighted by atomic mass is 10.1. The maximum atomic E-state index is 12.6. The van der Waals surface area contributed by atoms with E-state index < -0.39 is 0 Å². The van der Waals surface area contributed by atoms with Gasteiger partial charge in [-0.05, 0) is 48.2 Å². The van der Waals surface area contributed by atoms with Crippen LogP contribution in [0, 0.1) is 0 Å². The molecule has 0 bridgehead atoms. The van der Waals surface area contributed by atoms with E-state index >= 15 is 0 Å². The van der Waals surface area contributed by atoms with Crippen LogP contribution >= 0.6 is 0 Å². The Bertz CT molecular complexity index is 974. The molecule has 0 heterocycles. The predicted molar refractivity (Wildman–Crippen MR) is 118 cm³/mol. The average molecular weight is 404 g/mol. The molecule has 154 valence electrons. The van der Waals surface area contributed by atoms with E-state index in [2.05, 4.69) is 0 Å². The van der Waals surface area contributed by atoms with Gasteiger partial charge in [-0.25, -0.2) is 0 Å². The van der Waals surface area contributed by atoms with Crippen molar-refractivity contribution in [2.24, 2.45) is 0 Å². The number of Topliss-reactive ketones (excluding diaryl/α,β-unsaturated/α-hetero) is 1. The number of carbonyl (C=O) groups excluding carboxylic acids is 1. The normalized spacial score (nSPS) is 16.9. The SMILES string of the molecule is COc1cc(/C=C\C=C2/CC/C(=C\C=C/c3ccc(O)c(OC)c3)C2=O)ccc1O. The Balaban J connectivity index is 1.66. The molecular formula is C25H24O5. The monoisotopic (exact) mass is 404 g/mol. The molecule has 0 atom stereocenters. The fourth-order valence-corrected chi connectivity index (χ4v) is 3.17. The average Bonchev–Trinajstić information content (AvgIpc) is 3.10. The Kier molecular flexibility index (Phi) is 6.75. The highest BCUT2D eigenvalue weighted by Gasteiger charge is 2.21. The number of hydrogen-bond donors (Lipinski definition) is 2. The minimum Gasteiger partial charge on any atom is -0.504 e. The van der Waals surface area contributed by atoms with Gasteiger partial charge in [-0.15, -0.1) is 0 Å². The number of phenolic OH excluding ortho intramolecular Hbond substituents is 2. The first-order valence-electron chi connectivity index (χ1n) is 9.55. The number of aromatic hydroxyl groups is 2. The Hall–Kier alpha value is -3.73. The van der Waals surface area contributed by atoms with E-state index in [4.69, 9.17) is 9.47 Å². The Labute approximate surface area is 175 Å². The largest absolute Gasteiger partial charge is 0.504 e. The van der Waals surface area contributed by atoms with Crippen molar-refractivity contribution < 1.29 is 24.5 Å². The van der Waals surface area contributed by atoms with Crippen molar-refractivity contribution in [3.63, 3.8) is 0 Å². The molecule has 2 aromatic carbocycles. The highest BCUT2D eigenvalue weighted by atomic mass is 16.5. The Morgan fingerprint density at radius 3 is 1.60 bits per heavy atom. The van der Waals surface area contributed by atoms with Crippen molar-refractivity contribution in [1.82, 2.24) is 0 Å². The second-order valence-electron chi connectivity index (χ2n) is 6.79. The van der Waals surface area contributed by atoms with Crippen LogP contribution in [0.2, 0.25) is 0 Å². The van der Waals surface area contributed by atoms with Gasteiger partial charge in [-0.2, -0.15) is 0 Å². The van der Waals surface area contributed by atoms with Gasteiger partial charge < -0.3 is 19.7 Å². The van der Waals surface area contributed by atoms with E-state index in [9.17, 15) is 15.0 Å². The van der Waals surface area contributed by atoms with Crippen LogP contribution in [-0.2, 0) is 4.79 Å². The van der Waals surface area contributed by atoms with E-state index in [0.717, 1.165) is 22.3 Å². The summed E-state index contributed by atoms with van der Waals surface area (Å²) < 4.78 is 10.2. The van der Waals surface area contributed by atoms with Crippen LogP contribution in [0.15, 0.2) is 71.8 Å². The summed E-state index contributed by atoms with van der Waals surface area (Å²) in [6.07, 6.45) is 12.5. The molecule has 0 radical (unpaired) electrons. The molecular weight excluding hydrogens is 380 g/mol. The lowest BCUT2D eigenvalue weighted by molar-refractivity contribution is -0.111. The molecule has 3 rings (SSSR count). The van der Waals surface area contributed by atoms with Crippen molar-refractivity contribution in [3.05, 3.63) is 83.0 Å². The lowest BCUT2D eigenvalue weighted by Gasteiger charge is -2.03. The first kappa shape index (κ1) is 21.0. The molecule has 2 aromatic rings. The number of benzene rings is 2. The minimum atomic E-state index is 0.0517. The molecule has 5 nitrogen and oxygen atoms in total. The fourth-order valence-electron chi connectivity index (χ4n) is 3.17. The van der Waals surface area contributed by atoms with Crippen molar-refractivity contribution in [2.45, 2.75) is 12.8 Å². The zero-order valence-corrected chi connectivity index (χ0v) is 17.0. The standard InChI is InChI=1S/C25H24O5/c1-29-23-15-17(9-13-21(23)26)5-3-7-19-11-12-20(25(19)28)8-4-6-18-10-14-22(27)24(16-18)30-2/h3-10,13-16,26-27H,11-12H2,1-2H3/b5-3-,6-4-,19-7+,20-8+. The summed E-state index contributed by atoms with van der Waals surface area (Å²) in [6, 6.07) is 10.2. The van der Waals surface area contributed by atoms with Crippen molar-refractivity contribution >= 4 is 17.9 Å². The van der Waals surface area contributed by atoms with Crippen LogP contribution in [0.4, 0.5) is 0 Å². The first-order valence-corrected chi connectivity index (χ1v) is 9.55. The Morgan fingerprint density at radius 2 is 1.20 bits per heavy atom. The van der Waals surface area contributed by atoms with Gasteiger partial charge in [-0.1, -0.05) is 48.6 Å². The van der Waals surface area contributed by atoms with Crippen LogP contribution < -0.4 is 9.47 Å². The molecule has 0 amide bonds. The maximum Gasteiger partial charge on any atom is 0.185 e. The Morgan fingerprint density at radius 1 is 0.767 bits per heavy atom. The highest BCUT2D eigenvalue weighted by molar-refractivity contribution is 6.11. The topological polar surface area (TPSA) is 76.0 Å². The smallest absolute Gasteiger partial charge is 0.185 e. The van der Waals surface area contributed by atoms with Crippen molar-refractivity contribution in [3.8, 4) is 23.0 Å². The number of ether oxygens (including phenoxy) is 2. The van der Waals surface area contributed by atoms with Crippen LogP contribution in [0.3, 0.4) is 0 Å². The number of methoxy groups -OCH3 is 2. The molecule has 0 aliphatic heterocycles. The van der Waals surface area contributed by atoms with Gasteiger partial charge in [0.1, 0.15) is 0 Å². The molecule has 0 spiro atoms. The molecule has 1 saturated carbocycles. The van der Waals surface area contributed by atoms with Gasteiger partial charge in [0.2, 0.25) is 0 Å². The van der Waals surface area contributed by atoms with Gasteiger partial charge in [0, 0.05) is 11.1 Å². The number of ketones is 1. The third kappa shape index (κ3) is 5.00. The summed E-state index contributed by atoms with van der Waals surface area (Å²) in [5.41, 5.74) is 3.27. The summed E-state index contributed by atoms with van der Waals surface area (Å²) in [5, 5.41) is 19.3. The van der Waals surface area contributed by atoms with Crippen LogP contribution in [-0.4, -0.2) is 30.2 Å². The maximum absolute atomic E-state index is 12.6. The summed E-state index contributed by atoms with van der Waals surface area (Å²) in [7, 11) is 3.00. The first-order chi connectivity index (χ1) is 14.5. The number of carbonyl (C=O) groups is 1. The van der Waals surface area contributed by atoms with E-state index in [1.54, 1.807) is 36.4 Å². The summed E-state index contributed by atoms with van der Waals surface area (Å²) in [5.74, 6) is 1.05. The highest BCUT2D eigenvalue weighted by Crippen LogP contribution is 2.29. The summed E-state index contributed by atoms with van der Waals surface area (Å²) in [4.78, 5) is 12.6. The molecule has 2 N–H and O–H groups in total. The summed E-state index contributed by atoms with van der Waals surface area (Å²) >= 11 is 0. The predicted octanol–water partition coefficient (Wildman–Crippen LogP) is 5.06. The van der Waals surface area contributed by atoms with E-state index in [0.29, 0.717) is 24.3 Å². The lowest BCUT2D eigenvalue weighted by Crippen LogP contribution is -1.94.